The Kier molecular flexibility index (Phi) is 4.09. The molecule has 1 aromatic carbocycles. The number of rotatable bonds is 4. The monoisotopic (exact) mass is 329 g/mol. The Labute approximate surface area is 141 Å². The van der Waals surface area contributed by atoms with Gasteiger partial charge in [0.2, 0.25) is 0 Å². The molecule has 2 heterocycles. The molecule has 24 heavy (non-hydrogen) atoms. The lowest BCUT2D eigenvalue weighted by molar-refractivity contribution is -0.0829. The summed E-state index contributed by atoms with van der Waals surface area (Å²) in [5, 5.41) is 24.4. The van der Waals surface area contributed by atoms with Crippen molar-refractivity contribution in [2.45, 2.75) is 38.7 Å². The number of benzene rings is 1. The van der Waals surface area contributed by atoms with Gasteiger partial charge in [0.05, 0.1) is 30.6 Å². The first-order valence-electron chi connectivity index (χ1n) is 8.23. The number of amides is 1. The number of likely N-dealkylation sites (tertiary alicyclic amines) is 1. The van der Waals surface area contributed by atoms with Crippen LogP contribution in [0.25, 0.3) is 5.69 Å². The average Bonchev–Trinajstić information content (AvgIpc) is 2.93. The van der Waals surface area contributed by atoms with E-state index in [2.05, 4.69) is 18.9 Å². The molecule has 6 heteroatoms. The zero-order valence-electron chi connectivity index (χ0n) is 14.2. The number of hydrogen-bond donors (Lipinski definition) is 2. The zero-order valence-corrected chi connectivity index (χ0v) is 14.2. The second kappa shape index (κ2) is 5.94. The number of aromatic hydroxyl groups is 1. The van der Waals surface area contributed by atoms with Gasteiger partial charge in [-0.25, -0.2) is 4.68 Å². The minimum Gasteiger partial charge on any atom is -0.504 e. The third kappa shape index (κ3) is 2.89. The van der Waals surface area contributed by atoms with E-state index in [0.717, 1.165) is 11.3 Å². The van der Waals surface area contributed by atoms with E-state index in [1.165, 1.54) is 15.8 Å². The van der Waals surface area contributed by atoms with E-state index >= 15 is 0 Å². The highest BCUT2D eigenvalue weighted by Gasteiger charge is 2.43. The molecule has 0 atom stereocenters. The molecule has 1 aliphatic rings. The van der Waals surface area contributed by atoms with Crippen molar-refractivity contribution < 1.29 is 15.0 Å². The van der Waals surface area contributed by atoms with Gasteiger partial charge in [-0.3, -0.25) is 4.79 Å². The van der Waals surface area contributed by atoms with Crippen molar-refractivity contribution in [1.29, 1.82) is 0 Å². The summed E-state index contributed by atoms with van der Waals surface area (Å²) in [7, 11) is 0. The number of hydrogen-bond acceptors (Lipinski definition) is 4. The van der Waals surface area contributed by atoms with Crippen LogP contribution in [0.1, 0.15) is 49.2 Å². The van der Waals surface area contributed by atoms with Crippen molar-refractivity contribution in [3.05, 3.63) is 41.7 Å². The highest BCUT2D eigenvalue weighted by molar-refractivity contribution is 5.95. The van der Waals surface area contributed by atoms with Gasteiger partial charge in [0.25, 0.3) is 5.91 Å². The van der Waals surface area contributed by atoms with Crippen LogP contribution in [0.2, 0.25) is 0 Å². The summed E-state index contributed by atoms with van der Waals surface area (Å²) < 4.78 is 1.51. The van der Waals surface area contributed by atoms with E-state index in [9.17, 15) is 15.0 Å². The first kappa shape index (κ1) is 16.5. The fourth-order valence-corrected chi connectivity index (χ4v) is 2.86. The zero-order chi connectivity index (χ0) is 17.5. The normalized spacial score (nSPS) is 16.3. The number of β-amino-alcohol motifs (C(OH)–C–C–N with tert-alkyl or cyclic N) is 1. The van der Waals surface area contributed by atoms with Gasteiger partial charge in [-0.1, -0.05) is 32.9 Å². The van der Waals surface area contributed by atoms with E-state index in [0.29, 0.717) is 12.3 Å². The molecule has 1 aliphatic heterocycles. The highest BCUT2D eigenvalue weighted by Crippen LogP contribution is 2.28. The molecular weight excluding hydrogens is 306 g/mol. The van der Waals surface area contributed by atoms with E-state index in [4.69, 9.17) is 0 Å². The smallest absolute Gasteiger partial charge is 0.278 e. The fourth-order valence-electron chi connectivity index (χ4n) is 2.86. The number of aromatic nitrogens is 2. The van der Waals surface area contributed by atoms with Gasteiger partial charge in [-0.2, -0.15) is 5.10 Å². The van der Waals surface area contributed by atoms with Crippen LogP contribution >= 0.6 is 0 Å². The SMILES string of the molecule is CCC1(O)CN(C(=O)c2nn(-c3cccc(C(C)C)c3)cc2O)C1. The van der Waals surface area contributed by atoms with Gasteiger partial charge in [0, 0.05) is 0 Å². The maximum atomic E-state index is 12.5. The lowest BCUT2D eigenvalue weighted by atomic mass is 9.91. The van der Waals surface area contributed by atoms with Gasteiger partial charge in [-0.15, -0.1) is 0 Å². The van der Waals surface area contributed by atoms with Crippen molar-refractivity contribution in [2.75, 3.05) is 13.1 Å². The third-order valence-electron chi connectivity index (χ3n) is 4.61. The summed E-state index contributed by atoms with van der Waals surface area (Å²) in [6.07, 6.45) is 2.04. The summed E-state index contributed by atoms with van der Waals surface area (Å²) in [6.45, 7) is 6.64. The molecule has 0 aliphatic carbocycles. The number of aliphatic hydroxyl groups is 1. The van der Waals surface area contributed by atoms with Crippen molar-refractivity contribution in [2.24, 2.45) is 0 Å². The molecule has 0 spiro atoms. The third-order valence-corrected chi connectivity index (χ3v) is 4.61. The van der Waals surface area contributed by atoms with Gasteiger partial charge in [0.1, 0.15) is 0 Å². The molecule has 2 N–H and O–H groups in total. The standard InChI is InChI=1S/C18H23N3O3/c1-4-18(24)10-20(11-18)17(23)16-15(22)9-21(19-16)14-7-5-6-13(8-14)12(2)3/h5-9,12,22,24H,4,10-11H2,1-3H3. The van der Waals surface area contributed by atoms with E-state index in [-0.39, 0.29) is 30.4 Å². The van der Waals surface area contributed by atoms with Crippen LogP contribution in [-0.4, -0.2) is 49.5 Å². The van der Waals surface area contributed by atoms with E-state index in [1.54, 1.807) is 0 Å². The summed E-state index contributed by atoms with van der Waals surface area (Å²) in [5.74, 6) is -0.130. The Balaban J connectivity index is 1.83. The molecular formula is C18H23N3O3. The minimum atomic E-state index is -0.806. The molecule has 128 valence electrons. The molecule has 1 saturated heterocycles. The van der Waals surface area contributed by atoms with Gasteiger partial charge in [-0.05, 0) is 30.0 Å². The van der Waals surface area contributed by atoms with Crippen LogP contribution in [0.5, 0.6) is 5.75 Å². The minimum absolute atomic E-state index is 0.0168. The predicted molar refractivity (Wildman–Crippen MR) is 90.5 cm³/mol. The van der Waals surface area contributed by atoms with Crippen molar-refractivity contribution in [1.82, 2.24) is 14.7 Å². The molecule has 1 fully saturated rings. The fraction of sp³-hybridized carbons (Fsp3) is 0.444. The Morgan fingerprint density at radius 1 is 1.38 bits per heavy atom. The Hall–Kier alpha value is -2.34. The van der Waals surface area contributed by atoms with Crippen LogP contribution in [0, 0.1) is 0 Å². The number of carbonyl (C=O) groups is 1. The second-order valence-electron chi connectivity index (χ2n) is 6.80. The van der Waals surface area contributed by atoms with Gasteiger partial charge >= 0.3 is 0 Å². The van der Waals surface area contributed by atoms with Crippen LogP contribution in [-0.2, 0) is 0 Å². The average molecular weight is 329 g/mol. The largest absolute Gasteiger partial charge is 0.504 e. The van der Waals surface area contributed by atoms with E-state index < -0.39 is 5.60 Å². The van der Waals surface area contributed by atoms with Crippen LogP contribution in [0.15, 0.2) is 30.5 Å². The van der Waals surface area contributed by atoms with Crippen molar-refractivity contribution >= 4 is 5.91 Å². The van der Waals surface area contributed by atoms with Crippen molar-refractivity contribution in [3.8, 4) is 11.4 Å². The Morgan fingerprint density at radius 2 is 2.08 bits per heavy atom. The molecule has 0 saturated carbocycles. The summed E-state index contributed by atoms with van der Waals surface area (Å²) in [6, 6.07) is 7.84. The van der Waals surface area contributed by atoms with Crippen LogP contribution in [0.4, 0.5) is 0 Å². The maximum absolute atomic E-state index is 12.5. The first-order valence-corrected chi connectivity index (χ1v) is 8.23. The first-order chi connectivity index (χ1) is 11.3. The quantitative estimate of drug-likeness (QED) is 0.902. The number of nitrogens with zero attached hydrogens (tertiary/aromatic N) is 3. The number of carbonyl (C=O) groups excluding carboxylic acids is 1. The summed E-state index contributed by atoms with van der Waals surface area (Å²) >= 11 is 0. The van der Waals surface area contributed by atoms with Gasteiger partial charge in [0.15, 0.2) is 11.4 Å². The lowest BCUT2D eigenvalue weighted by Crippen LogP contribution is -2.63. The molecule has 2 aromatic rings. The predicted octanol–water partition coefficient (Wildman–Crippen LogP) is 2.30. The molecule has 0 unspecified atom stereocenters. The summed E-state index contributed by atoms with van der Waals surface area (Å²) in [5.41, 5.74) is 1.16. The maximum Gasteiger partial charge on any atom is 0.278 e. The Bertz CT molecular complexity index is 761. The molecule has 1 aromatic heterocycles. The Morgan fingerprint density at radius 3 is 2.71 bits per heavy atom. The van der Waals surface area contributed by atoms with Crippen LogP contribution < -0.4 is 0 Å². The van der Waals surface area contributed by atoms with Crippen LogP contribution in [0.3, 0.4) is 0 Å². The highest BCUT2D eigenvalue weighted by atomic mass is 16.3. The molecule has 3 rings (SSSR count). The molecule has 0 bridgehead atoms. The molecule has 1 amide bonds. The molecule has 0 radical (unpaired) electrons. The second-order valence-corrected chi connectivity index (χ2v) is 6.80. The summed E-state index contributed by atoms with van der Waals surface area (Å²) in [4.78, 5) is 14.0. The molecule has 6 nitrogen and oxygen atoms in total. The van der Waals surface area contributed by atoms with E-state index in [1.807, 2.05) is 31.2 Å². The van der Waals surface area contributed by atoms with Crippen molar-refractivity contribution in [3.63, 3.8) is 0 Å². The lowest BCUT2D eigenvalue weighted by Gasteiger charge is -2.45. The van der Waals surface area contributed by atoms with Gasteiger partial charge < -0.3 is 15.1 Å². The topological polar surface area (TPSA) is 78.6 Å².